The predicted octanol–water partition coefficient (Wildman–Crippen LogP) is 1.69. The molecule has 1 aliphatic heterocycles. The van der Waals surface area contributed by atoms with E-state index in [2.05, 4.69) is 10.4 Å². The summed E-state index contributed by atoms with van der Waals surface area (Å²) in [6, 6.07) is 4.42. The van der Waals surface area contributed by atoms with Crippen LogP contribution in [0.5, 0.6) is 0 Å². The lowest BCUT2D eigenvalue weighted by Gasteiger charge is -2.25. The highest BCUT2D eigenvalue weighted by Crippen LogP contribution is 2.35. The molecule has 126 valence electrons. The van der Waals surface area contributed by atoms with E-state index in [-0.39, 0.29) is 11.7 Å². The molecule has 1 aliphatic carbocycles. The van der Waals surface area contributed by atoms with Crippen molar-refractivity contribution in [2.24, 2.45) is 0 Å². The smallest absolute Gasteiger partial charge is 0.256 e. The third kappa shape index (κ3) is 2.36. The van der Waals surface area contributed by atoms with E-state index in [1.54, 1.807) is 6.07 Å². The number of halogens is 1. The summed E-state index contributed by atoms with van der Waals surface area (Å²) in [7, 11) is 0. The van der Waals surface area contributed by atoms with E-state index in [1.165, 1.54) is 16.8 Å². The van der Waals surface area contributed by atoms with E-state index in [1.807, 2.05) is 0 Å². The number of nitrogens with two attached hydrogens (primary N) is 1. The minimum absolute atomic E-state index is 0.246. The Kier molecular flexibility index (Phi) is 3.53. The first kappa shape index (κ1) is 15.1. The van der Waals surface area contributed by atoms with Gasteiger partial charge in [-0.1, -0.05) is 0 Å². The molecule has 6 nitrogen and oxygen atoms in total. The number of nitrogens with zero attached hydrogens (tertiary/aromatic N) is 2. The second kappa shape index (κ2) is 5.59. The van der Waals surface area contributed by atoms with Crippen molar-refractivity contribution in [3.05, 3.63) is 40.8 Å². The van der Waals surface area contributed by atoms with Crippen molar-refractivity contribution in [1.29, 1.82) is 0 Å². The van der Waals surface area contributed by atoms with Gasteiger partial charge in [-0.05, 0) is 43.0 Å². The molecule has 1 aromatic carbocycles. The third-order valence-electron chi connectivity index (χ3n) is 4.90. The lowest BCUT2D eigenvalue weighted by Crippen LogP contribution is -2.28. The van der Waals surface area contributed by atoms with Gasteiger partial charge in [0, 0.05) is 24.2 Å². The average molecular weight is 330 g/mol. The number of aryl methyl sites for hydroxylation is 1. The van der Waals surface area contributed by atoms with E-state index >= 15 is 0 Å². The standard InChI is InChI=1S/C17H19FN4O2/c18-9-1-3-14-12(7-9)11(5-6-20-14)17(24)22-16(19)13-8-10(23)2-4-15(13)21-22/h1,3,7,10-11,20,23H,2,4-6,8,19H2/t10-,11-/m0/s1. The average Bonchev–Trinajstić information content (AvgIpc) is 2.90. The van der Waals surface area contributed by atoms with Crippen molar-refractivity contribution in [3.8, 4) is 0 Å². The van der Waals surface area contributed by atoms with Crippen LogP contribution in [-0.2, 0) is 12.8 Å². The first-order valence-corrected chi connectivity index (χ1v) is 8.16. The quantitative estimate of drug-likeness (QED) is 0.740. The molecular formula is C17H19FN4O2. The number of nitrogens with one attached hydrogen (secondary N) is 1. The summed E-state index contributed by atoms with van der Waals surface area (Å²) in [4.78, 5) is 13.0. The lowest BCUT2D eigenvalue weighted by molar-refractivity contribution is 0.0859. The Hall–Kier alpha value is -2.41. The number of hydrogen-bond acceptors (Lipinski definition) is 5. The molecule has 0 saturated heterocycles. The molecule has 2 aromatic rings. The molecule has 4 N–H and O–H groups in total. The predicted molar refractivity (Wildman–Crippen MR) is 87.5 cm³/mol. The van der Waals surface area contributed by atoms with Crippen molar-refractivity contribution in [3.63, 3.8) is 0 Å². The van der Waals surface area contributed by atoms with Crippen molar-refractivity contribution in [2.45, 2.75) is 37.7 Å². The van der Waals surface area contributed by atoms with E-state index in [9.17, 15) is 14.3 Å². The fourth-order valence-corrected chi connectivity index (χ4v) is 3.64. The van der Waals surface area contributed by atoms with Gasteiger partial charge in [0.05, 0.1) is 17.7 Å². The molecule has 2 atom stereocenters. The summed E-state index contributed by atoms with van der Waals surface area (Å²) in [6.45, 7) is 0.634. The highest BCUT2D eigenvalue weighted by molar-refractivity contribution is 5.90. The van der Waals surface area contributed by atoms with E-state index < -0.39 is 12.0 Å². The van der Waals surface area contributed by atoms with Gasteiger partial charge in [-0.15, -0.1) is 0 Å². The SMILES string of the molecule is Nc1c2c(nn1C(=O)[C@H]1CCNc3ccc(F)cc31)CC[C@H](O)C2. The summed E-state index contributed by atoms with van der Waals surface area (Å²) in [5, 5.41) is 17.4. The first-order valence-electron chi connectivity index (χ1n) is 8.16. The highest BCUT2D eigenvalue weighted by Gasteiger charge is 2.32. The van der Waals surface area contributed by atoms with Crippen LogP contribution in [0.25, 0.3) is 0 Å². The van der Waals surface area contributed by atoms with Gasteiger partial charge in [0.25, 0.3) is 5.91 Å². The van der Waals surface area contributed by atoms with E-state index in [0.29, 0.717) is 43.6 Å². The first-order chi connectivity index (χ1) is 11.5. The Bertz CT molecular complexity index is 817. The maximum Gasteiger partial charge on any atom is 0.256 e. The largest absolute Gasteiger partial charge is 0.393 e. The van der Waals surface area contributed by atoms with Crippen LogP contribution >= 0.6 is 0 Å². The zero-order valence-electron chi connectivity index (χ0n) is 13.1. The van der Waals surface area contributed by atoms with Gasteiger partial charge in [0.15, 0.2) is 0 Å². The number of benzene rings is 1. The minimum atomic E-state index is -0.481. The third-order valence-corrected chi connectivity index (χ3v) is 4.90. The number of hydrogen-bond donors (Lipinski definition) is 3. The van der Waals surface area contributed by atoms with Gasteiger partial charge in [-0.25, -0.2) is 4.39 Å². The summed E-state index contributed by atoms with van der Waals surface area (Å²) in [5.41, 5.74) is 9.07. The molecule has 7 heteroatoms. The molecule has 0 amide bonds. The Labute approximate surface area is 138 Å². The molecule has 4 rings (SSSR count). The Morgan fingerprint density at radius 1 is 1.42 bits per heavy atom. The van der Waals surface area contributed by atoms with Crippen molar-refractivity contribution >= 4 is 17.4 Å². The fraction of sp³-hybridized carbons (Fsp3) is 0.412. The molecule has 1 aromatic heterocycles. The molecule has 2 aliphatic rings. The number of aromatic nitrogens is 2. The molecule has 0 spiro atoms. The van der Waals surface area contributed by atoms with Crippen LogP contribution in [0.2, 0.25) is 0 Å². The summed E-state index contributed by atoms with van der Waals surface area (Å²) < 4.78 is 14.9. The highest BCUT2D eigenvalue weighted by atomic mass is 19.1. The van der Waals surface area contributed by atoms with E-state index in [0.717, 1.165) is 16.9 Å². The number of aliphatic hydroxyl groups is 1. The number of rotatable bonds is 1. The van der Waals surface area contributed by atoms with Crippen molar-refractivity contribution in [1.82, 2.24) is 9.78 Å². The number of anilines is 2. The lowest BCUT2D eigenvalue weighted by atomic mass is 9.90. The second-order valence-electron chi connectivity index (χ2n) is 6.46. The zero-order chi connectivity index (χ0) is 16.8. The molecule has 0 bridgehead atoms. The minimum Gasteiger partial charge on any atom is -0.393 e. The van der Waals surface area contributed by atoms with Crippen LogP contribution in [0, 0.1) is 5.82 Å². The van der Waals surface area contributed by atoms with Crippen LogP contribution < -0.4 is 11.1 Å². The topological polar surface area (TPSA) is 93.2 Å². The monoisotopic (exact) mass is 330 g/mol. The Balaban J connectivity index is 1.72. The number of aliphatic hydroxyl groups excluding tert-OH is 1. The van der Waals surface area contributed by atoms with Gasteiger partial charge in [0.1, 0.15) is 11.6 Å². The molecule has 0 saturated carbocycles. The van der Waals surface area contributed by atoms with Gasteiger partial charge in [-0.2, -0.15) is 9.78 Å². The summed E-state index contributed by atoms with van der Waals surface area (Å²) in [6.07, 6.45) is 1.77. The summed E-state index contributed by atoms with van der Waals surface area (Å²) >= 11 is 0. The van der Waals surface area contributed by atoms with Crippen LogP contribution in [0.1, 0.15) is 40.4 Å². The summed E-state index contributed by atoms with van der Waals surface area (Å²) in [5.74, 6) is -0.799. The number of carbonyl (C=O) groups excluding carboxylic acids is 1. The molecule has 24 heavy (non-hydrogen) atoms. The normalized spacial score (nSPS) is 22.4. The fourth-order valence-electron chi connectivity index (χ4n) is 3.64. The van der Waals surface area contributed by atoms with Crippen molar-refractivity contribution in [2.75, 3.05) is 17.6 Å². The molecule has 0 radical (unpaired) electrons. The van der Waals surface area contributed by atoms with Gasteiger partial charge < -0.3 is 16.2 Å². The molecule has 0 unspecified atom stereocenters. The van der Waals surface area contributed by atoms with Crippen LogP contribution in [0.3, 0.4) is 0 Å². The zero-order valence-corrected chi connectivity index (χ0v) is 13.1. The Morgan fingerprint density at radius 3 is 3.08 bits per heavy atom. The number of nitrogen functional groups attached to an aromatic ring is 1. The molecule has 2 heterocycles. The Morgan fingerprint density at radius 2 is 2.25 bits per heavy atom. The van der Waals surface area contributed by atoms with Crippen LogP contribution in [-0.4, -0.2) is 33.4 Å². The number of fused-ring (bicyclic) bond motifs is 2. The van der Waals surface area contributed by atoms with Crippen molar-refractivity contribution < 1.29 is 14.3 Å². The molecular weight excluding hydrogens is 311 g/mol. The maximum absolute atomic E-state index is 13.6. The van der Waals surface area contributed by atoms with Crippen LogP contribution in [0.4, 0.5) is 15.9 Å². The van der Waals surface area contributed by atoms with Gasteiger partial charge in [-0.3, -0.25) is 4.79 Å². The maximum atomic E-state index is 13.6. The van der Waals surface area contributed by atoms with Gasteiger partial charge in [0.2, 0.25) is 0 Å². The van der Waals surface area contributed by atoms with Gasteiger partial charge >= 0.3 is 0 Å². The van der Waals surface area contributed by atoms with Crippen LogP contribution in [0.15, 0.2) is 18.2 Å². The van der Waals surface area contributed by atoms with E-state index in [4.69, 9.17) is 5.73 Å². The second-order valence-corrected chi connectivity index (χ2v) is 6.46. The molecule has 0 fully saturated rings. The number of carbonyl (C=O) groups is 1.